The van der Waals surface area contributed by atoms with Crippen molar-refractivity contribution in [1.29, 1.82) is 0 Å². The minimum Gasteiger partial charge on any atom is -0.228 e. The van der Waals surface area contributed by atoms with Gasteiger partial charge in [0, 0.05) is 16.7 Å². The summed E-state index contributed by atoms with van der Waals surface area (Å²) < 4.78 is 0. The van der Waals surface area contributed by atoms with Gasteiger partial charge in [0.25, 0.3) is 0 Å². The minimum atomic E-state index is -0.460. The van der Waals surface area contributed by atoms with Crippen LogP contribution in [0.1, 0.15) is 22.3 Å². The van der Waals surface area contributed by atoms with Gasteiger partial charge in [0.1, 0.15) is 0 Å². The molecule has 0 bridgehead atoms. The summed E-state index contributed by atoms with van der Waals surface area (Å²) in [4.78, 5) is 10.5. The van der Waals surface area contributed by atoms with Crippen LogP contribution in [0.3, 0.4) is 0 Å². The lowest BCUT2D eigenvalue weighted by Crippen LogP contribution is -2.28. The maximum atomic E-state index is 5.27. The molecule has 0 saturated heterocycles. The highest BCUT2D eigenvalue weighted by molar-refractivity contribution is 6.20. The molecule has 73 heavy (non-hydrogen) atoms. The first-order chi connectivity index (χ1) is 36.2. The molecule has 0 amide bonds. The van der Waals surface area contributed by atoms with E-state index in [0.717, 1.165) is 39.2 Å². The summed E-state index contributed by atoms with van der Waals surface area (Å²) in [5.74, 6) is 0.698. The second kappa shape index (κ2) is 17.4. The van der Waals surface area contributed by atoms with Gasteiger partial charge in [-0.1, -0.05) is 261 Å². The van der Waals surface area contributed by atoms with E-state index in [1.54, 1.807) is 0 Å². The maximum Gasteiger partial charge on any atom is 0.160 e. The molecule has 1 aliphatic rings. The van der Waals surface area contributed by atoms with Gasteiger partial charge in [0.2, 0.25) is 0 Å². The molecule has 0 atom stereocenters. The highest BCUT2D eigenvalue weighted by atomic mass is 14.9. The highest BCUT2D eigenvalue weighted by Crippen LogP contribution is 2.56. The molecule has 0 unspecified atom stereocenters. The van der Waals surface area contributed by atoms with E-state index in [1.807, 2.05) is 6.07 Å². The SMILES string of the molecule is c1ccc(-c2nc(-c3ccc(-c4ccc(-c5ccc(-c6c7ccccc7cc7c6ccc6ccccc67)cc5)cc4)cc3)cc(-c3ccc4c(c3)-c3ccccc3C4(c3ccccc3)c3ccccc3)n2)cc1. The fourth-order valence-electron chi connectivity index (χ4n) is 11.7. The number of benzene rings is 12. The summed E-state index contributed by atoms with van der Waals surface area (Å²) in [6.45, 7) is 0. The first-order valence-corrected chi connectivity index (χ1v) is 25.1. The van der Waals surface area contributed by atoms with Crippen LogP contribution in [-0.4, -0.2) is 9.97 Å². The van der Waals surface area contributed by atoms with E-state index < -0.39 is 5.41 Å². The molecule has 12 aromatic carbocycles. The predicted octanol–water partition coefficient (Wildman–Crippen LogP) is 18.3. The third-order valence-corrected chi connectivity index (χ3v) is 15.2. The Hall–Kier alpha value is -9.50. The Morgan fingerprint density at radius 3 is 1.37 bits per heavy atom. The quantitative estimate of drug-likeness (QED) is 0.112. The Morgan fingerprint density at radius 1 is 0.247 bits per heavy atom. The van der Waals surface area contributed by atoms with Gasteiger partial charge in [-0.25, -0.2) is 9.97 Å². The number of rotatable bonds is 8. The number of fused-ring (bicyclic) bond motifs is 7. The van der Waals surface area contributed by atoms with Crippen LogP contribution < -0.4 is 0 Å². The molecule has 2 heteroatoms. The van der Waals surface area contributed by atoms with Crippen molar-refractivity contribution >= 4 is 32.3 Å². The molecule has 0 spiro atoms. The average Bonchev–Trinajstić information content (AvgIpc) is 3.77. The van der Waals surface area contributed by atoms with Crippen molar-refractivity contribution in [2.24, 2.45) is 0 Å². The summed E-state index contributed by atoms with van der Waals surface area (Å²) in [6, 6.07) is 101. The number of nitrogens with zero attached hydrogens (tertiary/aromatic N) is 2. The molecule has 0 fully saturated rings. The highest BCUT2D eigenvalue weighted by Gasteiger charge is 2.46. The summed E-state index contributed by atoms with van der Waals surface area (Å²) in [5.41, 5.74) is 19.1. The van der Waals surface area contributed by atoms with Crippen molar-refractivity contribution in [3.8, 4) is 78.4 Å². The Labute approximate surface area is 425 Å². The number of hydrogen-bond acceptors (Lipinski definition) is 2. The van der Waals surface area contributed by atoms with Gasteiger partial charge < -0.3 is 0 Å². The van der Waals surface area contributed by atoms with Gasteiger partial charge in [0.15, 0.2) is 5.82 Å². The van der Waals surface area contributed by atoms with Crippen molar-refractivity contribution in [3.05, 3.63) is 301 Å². The van der Waals surface area contributed by atoms with Crippen molar-refractivity contribution in [3.63, 3.8) is 0 Å². The van der Waals surface area contributed by atoms with Crippen LogP contribution in [0.4, 0.5) is 0 Å². The Balaban J connectivity index is 0.789. The average molecular weight is 927 g/mol. The monoisotopic (exact) mass is 926 g/mol. The third-order valence-electron chi connectivity index (χ3n) is 15.2. The van der Waals surface area contributed by atoms with Crippen LogP contribution >= 0.6 is 0 Å². The van der Waals surface area contributed by atoms with Gasteiger partial charge >= 0.3 is 0 Å². The molecule has 0 N–H and O–H groups in total. The van der Waals surface area contributed by atoms with Crippen molar-refractivity contribution in [1.82, 2.24) is 9.97 Å². The van der Waals surface area contributed by atoms with Crippen LogP contribution in [0.25, 0.3) is 111 Å². The van der Waals surface area contributed by atoms with Gasteiger partial charge in [0.05, 0.1) is 16.8 Å². The predicted molar refractivity (Wildman–Crippen MR) is 304 cm³/mol. The second-order valence-electron chi connectivity index (χ2n) is 19.2. The Bertz CT molecular complexity index is 4160. The Kier molecular flexibility index (Phi) is 10.1. The van der Waals surface area contributed by atoms with Crippen LogP contribution in [0.5, 0.6) is 0 Å². The van der Waals surface area contributed by atoms with E-state index in [9.17, 15) is 0 Å². The second-order valence-corrected chi connectivity index (χ2v) is 19.2. The van der Waals surface area contributed by atoms with E-state index in [0.29, 0.717) is 5.82 Å². The first kappa shape index (κ1) is 42.4. The van der Waals surface area contributed by atoms with E-state index in [2.05, 4.69) is 273 Å². The summed E-state index contributed by atoms with van der Waals surface area (Å²) in [6.07, 6.45) is 0. The first-order valence-electron chi connectivity index (χ1n) is 25.1. The van der Waals surface area contributed by atoms with Gasteiger partial charge in [-0.2, -0.15) is 0 Å². The number of aromatic nitrogens is 2. The van der Waals surface area contributed by atoms with Crippen LogP contribution in [0, 0.1) is 0 Å². The molecule has 0 saturated carbocycles. The molecule has 0 aliphatic heterocycles. The molecule has 13 aromatic rings. The third kappa shape index (κ3) is 7.10. The zero-order valence-electron chi connectivity index (χ0n) is 40.0. The lowest BCUT2D eigenvalue weighted by Gasteiger charge is -2.33. The topological polar surface area (TPSA) is 25.8 Å². The van der Waals surface area contributed by atoms with Crippen molar-refractivity contribution < 1.29 is 0 Å². The molecular weight excluding hydrogens is 881 g/mol. The van der Waals surface area contributed by atoms with E-state index in [4.69, 9.17) is 9.97 Å². The minimum absolute atomic E-state index is 0.460. The maximum absolute atomic E-state index is 5.27. The fraction of sp³-hybridized carbons (Fsp3) is 0.0141. The molecule has 14 rings (SSSR count). The molecular formula is C71H46N2. The molecule has 2 nitrogen and oxygen atoms in total. The summed E-state index contributed by atoms with van der Waals surface area (Å²) in [5, 5.41) is 7.63. The van der Waals surface area contributed by atoms with E-state index in [1.165, 1.54) is 88.0 Å². The summed E-state index contributed by atoms with van der Waals surface area (Å²) >= 11 is 0. The lowest BCUT2D eigenvalue weighted by molar-refractivity contribution is 0.768. The standard InChI is InChI=1S/C71H46N2/c1-4-17-54(18-5-1)70-72-67(46-68(73-70)56-41-43-66-64(45-56)61-26-14-15-27-65(61)71(66,57-20-6-2-7-21-57)58-22-8-3-9-23-58)52-36-32-49(33-37-52)47-28-30-48(31-29-47)50-34-38-53(39-35-50)69-60-25-13-11-19-55(60)44-63-59-24-12-10-16-51(59)40-42-62(63)69/h1-46H. The largest absolute Gasteiger partial charge is 0.228 e. The molecule has 1 aliphatic carbocycles. The summed E-state index contributed by atoms with van der Waals surface area (Å²) in [7, 11) is 0. The van der Waals surface area contributed by atoms with Crippen LogP contribution in [-0.2, 0) is 5.41 Å². The van der Waals surface area contributed by atoms with E-state index >= 15 is 0 Å². The number of hydrogen-bond donors (Lipinski definition) is 0. The van der Waals surface area contributed by atoms with Crippen molar-refractivity contribution in [2.45, 2.75) is 5.41 Å². The molecule has 1 aromatic heterocycles. The zero-order valence-corrected chi connectivity index (χ0v) is 40.0. The van der Waals surface area contributed by atoms with Gasteiger partial charge in [-0.05, 0) is 117 Å². The smallest absolute Gasteiger partial charge is 0.160 e. The Morgan fingerprint density at radius 2 is 0.726 bits per heavy atom. The van der Waals surface area contributed by atoms with Gasteiger partial charge in [-0.3, -0.25) is 0 Å². The molecule has 1 heterocycles. The zero-order chi connectivity index (χ0) is 48.3. The van der Waals surface area contributed by atoms with Crippen molar-refractivity contribution in [2.75, 3.05) is 0 Å². The molecule has 340 valence electrons. The lowest BCUT2D eigenvalue weighted by atomic mass is 9.67. The normalized spacial score (nSPS) is 12.5. The molecule has 0 radical (unpaired) electrons. The fourth-order valence-corrected chi connectivity index (χ4v) is 11.7. The van der Waals surface area contributed by atoms with Gasteiger partial charge in [-0.15, -0.1) is 0 Å². The van der Waals surface area contributed by atoms with E-state index in [-0.39, 0.29) is 0 Å². The van der Waals surface area contributed by atoms with Crippen LogP contribution in [0.15, 0.2) is 279 Å². The van der Waals surface area contributed by atoms with Crippen LogP contribution in [0.2, 0.25) is 0 Å².